The molecule has 1 aromatic carbocycles. The Morgan fingerprint density at radius 2 is 1.92 bits per heavy atom. The van der Waals surface area contributed by atoms with Gasteiger partial charge in [0.05, 0.1) is 29.6 Å². The molecule has 0 saturated heterocycles. The van der Waals surface area contributed by atoms with Crippen molar-refractivity contribution in [1.82, 2.24) is 9.88 Å². The van der Waals surface area contributed by atoms with Gasteiger partial charge in [0.1, 0.15) is 0 Å². The standard InChI is InChI=1S/C19H22F3N3O/c1-24-16(13-26)8-10-25(12-17-18(24)3-2-9-23-17)11-14-4-6-15(7-5-14)19(20,21)22/h2-7,9,16,26H,8,10-13H2,1H3. The second-order valence-electron chi connectivity index (χ2n) is 6.61. The summed E-state index contributed by atoms with van der Waals surface area (Å²) in [5.74, 6) is 0. The van der Waals surface area contributed by atoms with Crippen LogP contribution in [0.2, 0.25) is 0 Å². The van der Waals surface area contributed by atoms with E-state index in [0.717, 1.165) is 42.0 Å². The number of nitrogens with zero attached hydrogens (tertiary/aromatic N) is 3. The minimum atomic E-state index is -4.32. The normalized spacial score (nSPS) is 19.0. The Hall–Kier alpha value is -2.12. The zero-order valence-electron chi connectivity index (χ0n) is 14.6. The molecule has 0 bridgehead atoms. The number of pyridine rings is 1. The molecule has 0 spiro atoms. The number of likely N-dealkylation sites (N-methyl/N-ethyl adjacent to an activating group) is 1. The van der Waals surface area contributed by atoms with Crippen LogP contribution < -0.4 is 4.90 Å². The average Bonchev–Trinajstić information content (AvgIpc) is 2.61. The Bertz CT molecular complexity index is 734. The number of aromatic nitrogens is 1. The maximum Gasteiger partial charge on any atom is 0.416 e. The first-order valence-corrected chi connectivity index (χ1v) is 8.54. The van der Waals surface area contributed by atoms with Crippen molar-refractivity contribution in [3.05, 3.63) is 59.4 Å². The number of anilines is 1. The predicted octanol–water partition coefficient (Wildman–Crippen LogP) is 3.30. The zero-order valence-corrected chi connectivity index (χ0v) is 14.6. The Balaban J connectivity index is 1.79. The van der Waals surface area contributed by atoms with Gasteiger partial charge in [-0.3, -0.25) is 9.88 Å². The van der Waals surface area contributed by atoms with Crippen LogP contribution in [0.3, 0.4) is 0 Å². The summed E-state index contributed by atoms with van der Waals surface area (Å²) >= 11 is 0. The van der Waals surface area contributed by atoms with Crippen LogP contribution in [0, 0.1) is 0 Å². The molecule has 0 radical (unpaired) electrons. The molecule has 0 aliphatic carbocycles. The molecule has 140 valence electrons. The molecule has 0 amide bonds. The van der Waals surface area contributed by atoms with Crippen LogP contribution >= 0.6 is 0 Å². The van der Waals surface area contributed by atoms with E-state index in [1.54, 1.807) is 6.20 Å². The number of hydrogen-bond acceptors (Lipinski definition) is 4. The van der Waals surface area contributed by atoms with Crippen LogP contribution in [0.5, 0.6) is 0 Å². The Morgan fingerprint density at radius 1 is 1.19 bits per heavy atom. The van der Waals surface area contributed by atoms with E-state index < -0.39 is 11.7 Å². The number of alkyl halides is 3. The van der Waals surface area contributed by atoms with Gasteiger partial charge in [0, 0.05) is 32.9 Å². The summed E-state index contributed by atoms with van der Waals surface area (Å²) < 4.78 is 38.1. The molecular formula is C19H22F3N3O. The monoisotopic (exact) mass is 365 g/mol. The number of benzene rings is 1. The van der Waals surface area contributed by atoms with Crippen molar-refractivity contribution in [2.45, 2.75) is 31.7 Å². The molecule has 1 aliphatic heterocycles. The molecule has 1 unspecified atom stereocenters. The van der Waals surface area contributed by atoms with Gasteiger partial charge < -0.3 is 10.0 Å². The lowest BCUT2D eigenvalue weighted by Crippen LogP contribution is -2.41. The maximum absolute atomic E-state index is 12.7. The Labute approximate surface area is 150 Å². The fraction of sp³-hybridized carbons (Fsp3) is 0.421. The first kappa shape index (κ1) is 18.7. The molecule has 2 heterocycles. The fourth-order valence-electron chi connectivity index (χ4n) is 3.29. The van der Waals surface area contributed by atoms with Gasteiger partial charge in [-0.15, -0.1) is 0 Å². The summed E-state index contributed by atoms with van der Waals surface area (Å²) in [6, 6.07) is 9.12. The largest absolute Gasteiger partial charge is 0.416 e. The van der Waals surface area contributed by atoms with E-state index in [1.165, 1.54) is 12.1 Å². The smallest absolute Gasteiger partial charge is 0.394 e. The van der Waals surface area contributed by atoms with Crippen molar-refractivity contribution in [2.75, 3.05) is 25.1 Å². The van der Waals surface area contributed by atoms with Gasteiger partial charge in [-0.25, -0.2) is 0 Å². The number of hydrogen-bond donors (Lipinski definition) is 1. The molecule has 1 atom stereocenters. The third-order valence-corrected chi connectivity index (χ3v) is 4.84. The molecule has 7 heteroatoms. The van der Waals surface area contributed by atoms with E-state index in [-0.39, 0.29) is 12.6 Å². The molecule has 0 saturated carbocycles. The van der Waals surface area contributed by atoms with Gasteiger partial charge in [-0.1, -0.05) is 12.1 Å². The van der Waals surface area contributed by atoms with Gasteiger partial charge in [0.25, 0.3) is 0 Å². The molecule has 2 aromatic rings. The van der Waals surface area contributed by atoms with Crippen LogP contribution in [-0.2, 0) is 19.3 Å². The van der Waals surface area contributed by atoms with Crippen molar-refractivity contribution in [2.24, 2.45) is 0 Å². The topological polar surface area (TPSA) is 39.6 Å². The highest BCUT2D eigenvalue weighted by Crippen LogP contribution is 2.30. The van der Waals surface area contributed by atoms with Crippen molar-refractivity contribution in [1.29, 1.82) is 0 Å². The predicted molar refractivity (Wildman–Crippen MR) is 93.7 cm³/mol. The first-order chi connectivity index (χ1) is 12.4. The highest BCUT2D eigenvalue weighted by atomic mass is 19.4. The van der Waals surface area contributed by atoms with E-state index in [4.69, 9.17) is 0 Å². The summed E-state index contributed by atoms with van der Waals surface area (Å²) in [6.45, 7) is 1.92. The minimum Gasteiger partial charge on any atom is -0.394 e. The van der Waals surface area contributed by atoms with Crippen LogP contribution in [0.15, 0.2) is 42.6 Å². The van der Waals surface area contributed by atoms with E-state index in [0.29, 0.717) is 13.1 Å². The van der Waals surface area contributed by atoms with Gasteiger partial charge >= 0.3 is 6.18 Å². The van der Waals surface area contributed by atoms with Crippen LogP contribution in [0.1, 0.15) is 23.2 Å². The molecular weight excluding hydrogens is 343 g/mol. The number of rotatable bonds is 3. The van der Waals surface area contributed by atoms with E-state index >= 15 is 0 Å². The SMILES string of the molecule is CN1c2cccnc2CN(Cc2ccc(C(F)(F)F)cc2)CCC1CO. The average molecular weight is 365 g/mol. The van der Waals surface area contributed by atoms with Crippen LogP contribution in [0.4, 0.5) is 18.9 Å². The molecule has 1 N–H and O–H groups in total. The van der Waals surface area contributed by atoms with E-state index in [9.17, 15) is 18.3 Å². The quantitative estimate of drug-likeness (QED) is 0.906. The zero-order chi connectivity index (χ0) is 18.7. The lowest BCUT2D eigenvalue weighted by atomic mass is 10.1. The lowest BCUT2D eigenvalue weighted by molar-refractivity contribution is -0.137. The third-order valence-electron chi connectivity index (χ3n) is 4.84. The number of fused-ring (bicyclic) bond motifs is 1. The second-order valence-corrected chi connectivity index (χ2v) is 6.61. The molecule has 1 aliphatic rings. The fourth-order valence-corrected chi connectivity index (χ4v) is 3.29. The van der Waals surface area contributed by atoms with Gasteiger partial charge in [-0.05, 0) is 36.2 Å². The first-order valence-electron chi connectivity index (χ1n) is 8.54. The van der Waals surface area contributed by atoms with Crippen LogP contribution in [0.25, 0.3) is 0 Å². The van der Waals surface area contributed by atoms with Crippen LogP contribution in [-0.4, -0.2) is 41.2 Å². The number of halogens is 3. The van der Waals surface area contributed by atoms with Crippen molar-refractivity contribution in [3.8, 4) is 0 Å². The molecule has 26 heavy (non-hydrogen) atoms. The van der Waals surface area contributed by atoms with Crippen molar-refractivity contribution < 1.29 is 18.3 Å². The summed E-state index contributed by atoms with van der Waals surface area (Å²) in [5, 5.41) is 9.70. The van der Waals surface area contributed by atoms with Gasteiger partial charge in [-0.2, -0.15) is 13.2 Å². The number of aliphatic hydroxyl groups is 1. The Kier molecular flexibility index (Phi) is 5.48. The summed E-state index contributed by atoms with van der Waals surface area (Å²) in [5.41, 5.74) is 2.07. The molecule has 4 nitrogen and oxygen atoms in total. The summed E-state index contributed by atoms with van der Waals surface area (Å²) in [6.07, 6.45) is -1.82. The van der Waals surface area contributed by atoms with Crippen molar-refractivity contribution >= 4 is 5.69 Å². The highest BCUT2D eigenvalue weighted by molar-refractivity contribution is 5.51. The van der Waals surface area contributed by atoms with E-state index in [1.807, 2.05) is 19.2 Å². The van der Waals surface area contributed by atoms with E-state index in [2.05, 4.69) is 14.8 Å². The minimum absolute atomic E-state index is 0.0200. The van der Waals surface area contributed by atoms with Gasteiger partial charge in [0.15, 0.2) is 0 Å². The molecule has 0 fully saturated rings. The highest BCUT2D eigenvalue weighted by Gasteiger charge is 2.30. The lowest BCUT2D eigenvalue weighted by Gasteiger charge is -2.35. The molecule has 1 aromatic heterocycles. The Morgan fingerprint density at radius 3 is 2.58 bits per heavy atom. The second kappa shape index (κ2) is 7.63. The van der Waals surface area contributed by atoms with Gasteiger partial charge in [0.2, 0.25) is 0 Å². The summed E-state index contributed by atoms with van der Waals surface area (Å²) in [4.78, 5) is 8.67. The third kappa shape index (κ3) is 4.16. The van der Waals surface area contributed by atoms with Crippen molar-refractivity contribution in [3.63, 3.8) is 0 Å². The number of aliphatic hydroxyl groups excluding tert-OH is 1. The molecule has 3 rings (SSSR count). The summed E-state index contributed by atoms with van der Waals surface area (Å²) in [7, 11) is 1.95. The maximum atomic E-state index is 12.7.